The SMILES string of the molecule is Cc1cc(S(=O)(=O)N2CCC(C)(C(N)=S)CC2)sc1Cl. The molecule has 2 N–H and O–H groups in total. The molecule has 1 fully saturated rings. The van der Waals surface area contributed by atoms with Crippen LogP contribution in [0, 0.1) is 12.3 Å². The van der Waals surface area contributed by atoms with Crippen LogP contribution in [0.2, 0.25) is 4.34 Å². The Kier molecular flexibility index (Phi) is 4.47. The number of aryl methyl sites for hydroxylation is 1. The molecule has 1 saturated heterocycles. The van der Waals surface area contributed by atoms with E-state index in [4.69, 9.17) is 29.6 Å². The van der Waals surface area contributed by atoms with Gasteiger partial charge in [-0.2, -0.15) is 4.31 Å². The summed E-state index contributed by atoms with van der Waals surface area (Å²) in [5.41, 5.74) is 6.28. The van der Waals surface area contributed by atoms with Crippen molar-refractivity contribution >= 4 is 50.2 Å². The Hall–Kier alpha value is -0.210. The summed E-state index contributed by atoms with van der Waals surface area (Å²) in [4.78, 5) is 0.463. The third-order valence-electron chi connectivity index (χ3n) is 3.85. The molecule has 4 nitrogen and oxygen atoms in total. The third kappa shape index (κ3) is 2.87. The fourth-order valence-corrected chi connectivity index (χ4v) is 5.66. The predicted molar refractivity (Wildman–Crippen MR) is 87.0 cm³/mol. The summed E-state index contributed by atoms with van der Waals surface area (Å²) >= 11 is 12.1. The highest BCUT2D eigenvalue weighted by Crippen LogP contribution is 2.36. The van der Waals surface area contributed by atoms with Crippen LogP contribution in [0.25, 0.3) is 0 Å². The van der Waals surface area contributed by atoms with E-state index in [-0.39, 0.29) is 5.41 Å². The van der Waals surface area contributed by atoms with Crippen LogP contribution < -0.4 is 5.73 Å². The summed E-state index contributed by atoms with van der Waals surface area (Å²) in [6, 6.07) is 1.63. The lowest BCUT2D eigenvalue weighted by Gasteiger charge is -2.37. The largest absolute Gasteiger partial charge is 0.393 e. The topological polar surface area (TPSA) is 63.4 Å². The number of rotatable bonds is 3. The van der Waals surface area contributed by atoms with Crippen molar-refractivity contribution in [3.8, 4) is 0 Å². The van der Waals surface area contributed by atoms with Crippen LogP contribution in [0.1, 0.15) is 25.3 Å². The van der Waals surface area contributed by atoms with Crippen LogP contribution in [0.15, 0.2) is 10.3 Å². The number of thiocarbonyl (C=S) groups is 1. The molecule has 2 rings (SSSR count). The standard InChI is InChI=1S/C12H17ClN2O2S3/c1-8-7-9(19-10(8)13)20(16,17)15-5-3-12(2,4-6-15)11(14)18/h7H,3-6H2,1-2H3,(H2,14,18). The van der Waals surface area contributed by atoms with Crippen molar-refractivity contribution in [2.45, 2.75) is 30.9 Å². The van der Waals surface area contributed by atoms with Gasteiger partial charge < -0.3 is 5.73 Å². The number of hydrogen-bond acceptors (Lipinski definition) is 4. The van der Waals surface area contributed by atoms with Crippen molar-refractivity contribution in [3.05, 3.63) is 16.0 Å². The van der Waals surface area contributed by atoms with Gasteiger partial charge >= 0.3 is 0 Å². The molecule has 0 aromatic carbocycles. The predicted octanol–water partition coefficient (Wildman–Crippen LogP) is 2.79. The maximum atomic E-state index is 12.5. The minimum Gasteiger partial charge on any atom is -0.393 e. The maximum absolute atomic E-state index is 12.5. The molecule has 0 bridgehead atoms. The van der Waals surface area contributed by atoms with Crippen molar-refractivity contribution in [1.29, 1.82) is 0 Å². The maximum Gasteiger partial charge on any atom is 0.252 e. The number of hydrogen-bond donors (Lipinski definition) is 1. The van der Waals surface area contributed by atoms with Gasteiger partial charge in [0.1, 0.15) is 4.21 Å². The summed E-state index contributed by atoms with van der Waals surface area (Å²) in [5, 5.41) is 0. The van der Waals surface area contributed by atoms with Crippen LogP contribution in [-0.2, 0) is 10.0 Å². The van der Waals surface area contributed by atoms with E-state index in [9.17, 15) is 8.42 Å². The fourth-order valence-electron chi connectivity index (χ4n) is 2.15. The molecule has 20 heavy (non-hydrogen) atoms. The average Bonchev–Trinajstić information content (AvgIpc) is 2.71. The molecule has 1 aromatic rings. The van der Waals surface area contributed by atoms with Crippen molar-refractivity contribution in [1.82, 2.24) is 4.31 Å². The molecule has 0 spiro atoms. The molecule has 8 heteroatoms. The molecule has 0 amide bonds. The smallest absolute Gasteiger partial charge is 0.252 e. The van der Waals surface area contributed by atoms with Gasteiger partial charge in [-0.15, -0.1) is 11.3 Å². The van der Waals surface area contributed by atoms with E-state index < -0.39 is 10.0 Å². The summed E-state index contributed by atoms with van der Waals surface area (Å²) in [6.45, 7) is 4.67. The van der Waals surface area contributed by atoms with Crippen LogP contribution in [0.5, 0.6) is 0 Å². The zero-order valence-corrected chi connectivity index (χ0v) is 14.6. The lowest BCUT2D eigenvalue weighted by molar-refractivity contribution is 0.244. The van der Waals surface area contributed by atoms with Gasteiger partial charge in [0, 0.05) is 18.5 Å². The van der Waals surface area contributed by atoms with E-state index in [2.05, 4.69) is 0 Å². The molecule has 0 unspecified atom stereocenters. The Morgan fingerprint density at radius 1 is 1.50 bits per heavy atom. The van der Waals surface area contributed by atoms with Gasteiger partial charge in [-0.3, -0.25) is 0 Å². The molecule has 112 valence electrons. The zero-order chi connectivity index (χ0) is 15.1. The van der Waals surface area contributed by atoms with E-state index in [1.807, 2.05) is 6.92 Å². The van der Waals surface area contributed by atoms with Gasteiger partial charge in [0.25, 0.3) is 10.0 Å². The number of halogens is 1. The Morgan fingerprint density at radius 3 is 2.45 bits per heavy atom. The van der Waals surface area contributed by atoms with E-state index in [0.29, 0.717) is 39.5 Å². The summed E-state index contributed by atoms with van der Waals surface area (Å²) in [7, 11) is -3.46. The molecule has 1 aliphatic rings. The first kappa shape index (κ1) is 16.2. The summed E-state index contributed by atoms with van der Waals surface area (Å²) in [6.07, 6.45) is 1.30. The van der Waals surface area contributed by atoms with Gasteiger partial charge in [0.15, 0.2) is 0 Å². The Morgan fingerprint density at radius 2 is 2.05 bits per heavy atom. The molecule has 1 aliphatic heterocycles. The van der Waals surface area contributed by atoms with Crippen LogP contribution in [0.4, 0.5) is 0 Å². The number of piperidine rings is 1. The second-order valence-electron chi connectivity index (χ2n) is 5.35. The summed E-state index contributed by atoms with van der Waals surface area (Å²) in [5.74, 6) is 0. The van der Waals surface area contributed by atoms with E-state index in [0.717, 1.165) is 16.9 Å². The van der Waals surface area contributed by atoms with Crippen molar-refractivity contribution in [2.75, 3.05) is 13.1 Å². The third-order valence-corrected chi connectivity index (χ3v) is 8.25. The molecule has 0 saturated carbocycles. The minimum atomic E-state index is -3.46. The van der Waals surface area contributed by atoms with Gasteiger partial charge in [0.05, 0.1) is 9.32 Å². The lowest BCUT2D eigenvalue weighted by Crippen LogP contribution is -2.46. The van der Waals surface area contributed by atoms with E-state index >= 15 is 0 Å². The highest BCUT2D eigenvalue weighted by atomic mass is 35.5. The first-order valence-corrected chi connectivity index (χ1v) is 9.27. The van der Waals surface area contributed by atoms with Crippen molar-refractivity contribution in [2.24, 2.45) is 11.1 Å². The number of nitrogens with two attached hydrogens (primary N) is 1. The first-order chi connectivity index (χ1) is 9.17. The highest BCUT2D eigenvalue weighted by molar-refractivity contribution is 7.91. The van der Waals surface area contributed by atoms with Crippen molar-refractivity contribution in [3.63, 3.8) is 0 Å². The van der Waals surface area contributed by atoms with Crippen LogP contribution in [-0.4, -0.2) is 30.8 Å². The van der Waals surface area contributed by atoms with Gasteiger partial charge in [-0.25, -0.2) is 8.42 Å². The zero-order valence-electron chi connectivity index (χ0n) is 11.3. The van der Waals surface area contributed by atoms with Crippen LogP contribution in [0.3, 0.4) is 0 Å². The molecule has 1 aromatic heterocycles. The summed E-state index contributed by atoms with van der Waals surface area (Å²) < 4.78 is 27.4. The monoisotopic (exact) mass is 352 g/mol. The van der Waals surface area contributed by atoms with Gasteiger partial charge in [-0.1, -0.05) is 30.7 Å². The second-order valence-corrected chi connectivity index (χ2v) is 9.61. The molecule has 2 heterocycles. The van der Waals surface area contributed by atoms with Crippen molar-refractivity contribution < 1.29 is 8.42 Å². The van der Waals surface area contributed by atoms with Gasteiger partial charge in [0.2, 0.25) is 0 Å². The molecule has 0 atom stereocenters. The van der Waals surface area contributed by atoms with Crippen LogP contribution >= 0.6 is 35.2 Å². The number of nitrogens with zero attached hydrogens (tertiary/aromatic N) is 1. The molecule has 0 radical (unpaired) electrons. The fraction of sp³-hybridized carbons (Fsp3) is 0.583. The molecular weight excluding hydrogens is 336 g/mol. The second kappa shape index (κ2) is 5.53. The Labute approximate surface area is 134 Å². The number of thiophene rings is 1. The molecule has 0 aliphatic carbocycles. The first-order valence-electron chi connectivity index (χ1n) is 6.23. The van der Waals surface area contributed by atoms with E-state index in [1.165, 1.54) is 4.31 Å². The minimum absolute atomic E-state index is 0.246. The van der Waals surface area contributed by atoms with Gasteiger partial charge in [-0.05, 0) is 31.4 Å². The quantitative estimate of drug-likeness (QED) is 0.849. The lowest BCUT2D eigenvalue weighted by atomic mass is 9.81. The average molecular weight is 353 g/mol. The molecular formula is C12H17ClN2O2S3. The number of sulfonamides is 1. The highest BCUT2D eigenvalue weighted by Gasteiger charge is 2.37. The normalized spacial score (nSPS) is 19.9. The van der Waals surface area contributed by atoms with E-state index in [1.54, 1.807) is 13.0 Å². The Balaban J connectivity index is 2.19. The Bertz CT molecular complexity index is 612.